The van der Waals surface area contributed by atoms with Crippen molar-refractivity contribution in [3.8, 4) is 5.75 Å². The van der Waals surface area contributed by atoms with Crippen molar-refractivity contribution in [1.29, 1.82) is 0 Å². The van der Waals surface area contributed by atoms with Gasteiger partial charge in [0.15, 0.2) is 0 Å². The zero-order chi connectivity index (χ0) is 74.6. The van der Waals surface area contributed by atoms with Crippen LogP contribution in [0.2, 0.25) is 0 Å². The fourth-order valence-corrected chi connectivity index (χ4v) is 13.5. The summed E-state index contributed by atoms with van der Waals surface area (Å²) in [5.74, 6) is -10.3. The van der Waals surface area contributed by atoms with Crippen molar-refractivity contribution in [2.24, 2.45) is 17.8 Å². The Morgan fingerprint density at radius 2 is 1.22 bits per heavy atom. The van der Waals surface area contributed by atoms with Crippen molar-refractivity contribution in [2.75, 3.05) is 75.6 Å². The fraction of sp³-hybridized carbons (Fsp3) is 0.653. The standard InChI is InChI=1S/C72H109IN12O15/c1-16-18-25-51-67(94)81(12)54(30-31-61(88)89)64(91)76-53(36-43(3)4)68(95)82(13)58(71(98)84-33-20-19-21-34-84)41-60(87)80(11)56(37-44(5)6)65(92)77-62(45(7)17-2)72(99)79(10)46(8)66(93)85-35-32-55(85)70(97)83(14)57(40-47-26-28-50(100-15)29-27-47)69(96)78(9)42-59(86)74-52(63(90)75-51)39-48-23-22-24-49(73)38-48/h22-24,26-29,38,43-46,51-58,62H,16-21,25,30-37,39-42H2,1-15H3,(H,74,86)(H,75,90)(H,76,91)(H,77,92)(H,88,89)/t45-,46-,51-,52-,53+,54+,55-,56-,57+,58-,62-/m0/s1. The molecule has 5 N–H and O–H groups in total. The Hall–Kier alpha value is -7.92. The van der Waals surface area contributed by atoms with Crippen molar-refractivity contribution >= 4 is 99.4 Å². The van der Waals surface area contributed by atoms with Crippen LogP contribution in [-0.2, 0) is 75.2 Å². The number of likely N-dealkylation sites (tertiary alicyclic amines) is 1. The molecule has 11 atom stereocenters. The van der Waals surface area contributed by atoms with Crippen LogP contribution in [-0.4, -0.2) is 257 Å². The molecule has 27 nitrogen and oxygen atoms in total. The first-order valence-electron chi connectivity index (χ1n) is 35.1. The van der Waals surface area contributed by atoms with Gasteiger partial charge in [-0.25, -0.2) is 0 Å². The first-order chi connectivity index (χ1) is 47.1. The summed E-state index contributed by atoms with van der Waals surface area (Å²) in [4.78, 5) is 201. The topological polar surface area (TPSA) is 325 Å². The number of nitrogens with zero attached hydrogens (tertiary/aromatic N) is 8. The molecule has 28 heteroatoms. The predicted molar refractivity (Wildman–Crippen MR) is 383 cm³/mol. The van der Waals surface area contributed by atoms with E-state index in [0.29, 0.717) is 62.1 Å². The summed E-state index contributed by atoms with van der Waals surface area (Å²) >= 11 is 2.11. The molecule has 3 fully saturated rings. The van der Waals surface area contributed by atoms with Crippen LogP contribution in [0.3, 0.4) is 0 Å². The van der Waals surface area contributed by atoms with Gasteiger partial charge in [0.25, 0.3) is 0 Å². The van der Waals surface area contributed by atoms with E-state index in [1.54, 1.807) is 68.1 Å². The molecule has 3 heterocycles. The maximum atomic E-state index is 15.2. The number of unbranched alkanes of at least 4 members (excludes halogenated alkanes) is 1. The molecule has 2 aromatic carbocycles. The summed E-state index contributed by atoms with van der Waals surface area (Å²) in [6.07, 6.45) is 1.99. The normalized spacial score (nSPS) is 25.3. The minimum Gasteiger partial charge on any atom is -0.497 e. The Balaban J connectivity index is 1.67. The van der Waals surface area contributed by atoms with Gasteiger partial charge >= 0.3 is 5.97 Å². The summed E-state index contributed by atoms with van der Waals surface area (Å²) in [6.45, 7) is 14.4. The molecule has 0 saturated carbocycles. The Morgan fingerprint density at radius 3 is 1.79 bits per heavy atom. The number of rotatable bonds is 18. The highest BCUT2D eigenvalue weighted by Crippen LogP contribution is 2.27. The number of nitrogens with one attached hydrogen (secondary N) is 4. The second kappa shape index (κ2) is 38.8. The number of carboxylic acid groups (broad SMARTS) is 1. The number of hydrogen-bond donors (Lipinski definition) is 5. The van der Waals surface area contributed by atoms with Gasteiger partial charge in [0.05, 0.1) is 20.1 Å². The molecule has 0 radical (unpaired) electrons. The lowest BCUT2D eigenvalue weighted by Crippen LogP contribution is -2.65. The highest BCUT2D eigenvalue weighted by atomic mass is 127. The van der Waals surface area contributed by atoms with Crippen molar-refractivity contribution in [2.45, 2.75) is 212 Å². The van der Waals surface area contributed by atoms with Crippen molar-refractivity contribution in [1.82, 2.24) is 60.5 Å². The maximum absolute atomic E-state index is 15.2. The summed E-state index contributed by atoms with van der Waals surface area (Å²) < 4.78 is 6.19. The summed E-state index contributed by atoms with van der Waals surface area (Å²) in [6, 6.07) is 0.845. The number of piperidine rings is 1. The van der Waals surface area contributed by atoms with E-state index in [4.69, 9.17) is 4.74 Å². The average Bonchev–Trinajstić information content (AvgIpc) is 0.783. The second-order valence-electron chi connectivity index (χ2n) is 28.0. The fourth-order valence-electron chi connectivity index (χ4n) is 12.9. The molecule has 0 unspecified atom stereocenters. The number of benzene rings is 2. The van der Waals surface area contributed by atoms with Crippen molar-refractivity contribution in [3.63, 3.8) is 0 Å². The number of likely N-dealkylation sites (N-methyl/N-ethyl adjacent to an activating group) is 6. The van der Waals surface area contributed by atoms with Crippen LogP contribution < -0.4 is 26.0 Å². The number of methoxy groups -OCH3 is 1. The summed E-state index contributed by atoms with van der Waals surface area (Å²) in [5, 5.41) is 21.4. The minimum absolute atomic E-state index is 0.0159. The number of fused-ring (bicyclic) bond motifs is 1. The lowest BCUT2D eigenvalue weighted by molar-refractivity contribution is -0.160. The van der Waals surface area contributed by atoms with Crippen molar-refractivity contribution < 1.29 is 72.2 Å². The van der Waals surface area contributed by atoms with E-state index in [9.17, 15) is 57.8 Å². The molecule has 0 aliphatic carbocycles. The van der Waals surface area contributed by atoms with Gasteiger partial charge in [-0.3, -0.25) is 62.3 Å². The van der Waals surface area contributed by atoms with E-state index in [2.05, 4.69) is 43.9 Å². The van der Waals surface area contributed by atoms with Crippen LogP contribution in [0.1, 0.15) is 150 Å². The number of aliphatic carboxylic acids is 1. The Labute approximate surface area is 603 Å². The van der Waals surface area contributed by atoms with E-state index in [1.165, 1.54) is 75.9 Å². The molecule has 3 saturated heterocycles. The van der Waals surface area contributed by atoms with Gasteiger partial charge < -0.3 is 70.3 Å². The van der Waals surface area contributed by atoms with Crippen molar-refractivity contribution in [3.05, 3.63) is 63.2 Å². The molecule has 0 bridgehead atoms. The lowest BCUT2D eigenvalue weighted by atomic mass is 9.95. The molecule has 100 heavy (non-hydrogen) atoms. The number of hydrogen-bond acceptors (Lipinski definition) is 14. The van der Waals surface area contributed by atoms with E-state index in [1.807, 2.05) is 33.8 Å². The molecule has 5 rings (SSSR count). The zero-order valence-electron chi connectivity index (χ0n) is 61.2. The smallest absolute Gasteiger partial charge is 0.303 e. The van der Waals surface area contributed by atoms with E-state index in [-0.39, 0.29) is 56.9 Å². The highest BCUT2D eigenvalue weighted by molar-refractivity contribution is 14.1. The maximum Gasteiger partial charge on any atom is 0.303 e. The van der Waals surface area contributed by atoms with E-state index in [0.717, 1.165) is 24.7 Å². The number of carbonyl (C=O) groups excluding carboxylic acids is 12. The van der Waals surface area contributed by atoms with Crippen LogP contribution >= 0.6 is 22.6 Å². The van der Waals surface area contributed by atoms with Gasteiger partial charge in [-0.1, -0.05) is 92.0 Å². The van der Waals surface area contributed by atoms with Gasteiger partial charge in [0, 0.05) is 84.8 Å². The number of carboxylic acids is 1. The van der Waals surface area contributed by atoms with Crippen LogP contribution in [0.25, 0.3) is 0 Å². The molecule has 3 aliphatic heterocycles. The average molecular weight is 1510 g/mol. The van der Waals surface area contributed by atoms with Crippen LogP contribution in [0.5, 0.6) is 5.75 Å². The minimum atomic E-state index is -1.56. The number of carbonyl (C=O) groups is 13. The molecule has 0 aromatic heterocycles. The Kier molecular flexibility index (Phi) is 32.1. The number of halogens is 1. The third-order valence-electron chi connectivity index (χ3n) is 19.6. The first-order valence-corrected chi connectivity index (χ1v) is 36.2. The number of ether oxygens (including phenoxy) is 1. The third-order valence-corrected chi connectivity index (χ3v) is 20.3. The van der Waals surface area contributed by atoms with Gasteiger partial charge in [-0.05, 0) is 134 Å². The quantitative estimate of drug-likeness (QED) is 0.132. The zero-order valence-corrected chi connectivity index (χ0v) is 63.3. The Morgan fingerprint density at radius 1 is 0.610 bits per heavy atom. The first kappa shape index (κ1) is 82.7. The van der Waals surface area contributed by atoms with Gasteiger partial charge in [-0.15, -0.1) is 0 Å². The van der Waals surface area contributed by atoms with Gasteiger partial charge in [-0.2, -0.15) is 0 Å². The second-order valence-corrected chi connectivity index (χ2v) is 29.2. The molecule has 2 aromatic rings. The molecule has 554 valence electrons. The molecular formula is C72H109IN12O15. The largest absolute Gasteiger partial charge is 0.497 e. The SMILES string of the molecule is CCCC[C@@H]1NC(=O)[C@H](Cc2cccc(I)c2)NC(=O)CN(C)C(=O)[C@@H](Cc2ccc(OC)cc2)N(C)C(=O)[C@@H]2CCN2C(=O)[C@H](C)N(C)C(=O)[C@H]([C@@H](C)CC)NC(=O)[C@H](CC(C)C)N(C)C(=O)C[C@@H](C(=O)N2CCCCC2)N(C)C(=O)[C@@H](CC(C)C)NC(=O)[C@@H](CCC(=O)O)N(C)C1=O. The van der Waals surface area contributed by atoms with Crippen LogP contribution in [0.4, 0.5) is 0 Å². The van der Waals surface area contributed by atoms with Gasteiger partial charge in [0.2, 0.25) is 70.9 Å². The summed E-state index contributed by atoms with van der Waals surface area (Å²) in [5.41, 5.74) is 1.24. The molecular weight excluding hydrogens is 1400 g/mol. The lowest BCUT2D eigenvalue weighted by Gasteiger charge is -2.45. The Bertz CT molecular complexity index is 3220. The molecule has 0 spiro atoms. The summed E-state index contributed by atoms with van der Waals surface area (Å²) in [7, 11) is 9.78. The monoisotopic (exact) mass is 1510 g/mol. The van der Waals surface area contributed by atoms with Gasteiger partial charge in [0.1, 0.15) is 66.2 Å². The molecule has 3 aliphatic rings. The van der Waals surface area contributed by atoms with E-state index >= 15 is 9.59 Å². The van der Waals surface area contributed by atoms with Crippen LogP contribution in [0.15, 0.2) is 48.5 Å². The highest BCUT2D eigenvalue weighted by Gasteiger charge is 2.47. The number of amides is 12. The van der Waals surface area contributed by atoms with E-state index < -0.39 is 169 Å². The molecule has 12 amide bonds. The third kappa shape index (κ3) is 22.5. The predicted octanol–water partition coefficient (Wildman–Crippen LogP) is 3.85. The van der Waals surface area contributed by atoms with Crippen LogP contribution in [0, 0.1) is 21.3 Å².